The van der Waals surface area contributed by atoms with Gasteiger partial charge in [-0.1, -0.05) is 27.7 Å². The number of carbonyl (C=O) groups excluding carboxylic acids is 1. The van der Waals surface area contributed by atoms with Crippen molar-refractivity contribution in [2.24, 2.45) is 5.41 Å². The third-order valence-corrected chi connectivity index (χ3v) is 4.05. The summed E-state index contributed by atoms with van der Waals surface area (Å²) >= 11 is 0. The van der Waals surface area contributed by atoms with Gasteiger partial charge >= 0.3 is 0 Å². The van der Waals surface area contributed by atoms with Crippen molar-refractivity contribution in [2.75, 3.05) is 13.1 Å². The Kier molecular flexibility index (Phi) is 4.42. The van der Waals surface area contributed by atoms with E-state index in [2.05, 4.69) is 39.7 Å². The van der Waals surface area contributed by atoms with Crippen LogP contribution in [0.2, 0.25) is 0 Å². The highest BCUT2D eigenvalue weighted by Gasteiger charge is 2.32. The molecule has 1 aliphatic heterocycles. The van der Waals surface area contributed by atoms with E-state index in [1.54, 1.807) is 0 Å². The lowest BCUT2D eigenvalue weighted by Gasteiger charge is -2.39. The predicted octanol–water partition coefficient (Wildman–Crippen LogP) is 1.44. The number of amides is 1. The summed E-state index contributed by atoms with van der Waals surface area (Å²) in [5.74, 6) is 0.993. The third-order valence-electron chi connectivity index (χ3n) is 4.05. The molecule has 0 spiro atoms. The number of hydrogen-bond donors (Lipinski definition) is 3. The van der Waals surface area contributed by atoms with E-state index in [1.807, 2.05) is 13.8 Å². The molecule has 0 bridgehead atoms. The molecular weight excluding hydrogens is 254 g/mol. The molecule has 6 nitrogen and oxygen atoms in total. The molecule has 6 heteroatoms. The smallest absolute Gasteiger partial charge is 0.291 e. The number of hydrogen-bond acceptors (Lipinski definition) is 4. The van der Waals surface area contributed by atoms with E-state index >= 15 is 0 Å². The normalized spacial score (nSPS) is 21.9. The molecule has 0 aliphatic carbocycles. The molecule has 1 fully saturated rings. The van der Waals surface area contributed by atoms with Gasteiger partial charge in [0.1, 0.15) is 5.82 Å². The fourth-order valence-corrected chi connectivity index (χ4v) is 2.53. The standard InChI is InChI=1S/C14H25N5O/c1-9(2)11-17-12(19-18-11)13(20)16-8-10-14(3,4)6-5-7-15-10/h9-10,15H,5-8H2,1-4H3,(H,16,20)(H,17,18,19). The van der Waals surface area contributed by atoms with E-state index in [1.165, 1.54) is 12.8 Å². The van der Waals surface area contributed by atoms with Crippen LogP contribution in [0.3, 0.4) is 0 Å². The van der Waals surface area contributed by atoms with E-state index in [9.17, 15) is 4.79 Å². The molecule has 0 saturated carbocycles. The van der Waals surface area contributed by atoms with Gasteiger partial charge in [0.05, 0.1) is 0 Å². The molecular formula is C14H25N5O. The lowest BCUT2D eigenvalue weighted by atomic mass is 9.77. The highest BCUT2D eigenvalue weighted by atomic mass is 16.2. The summed E-state index contributed by atoms with van der Waals surface area (Å²) in [6.45, 7) is 10.1. The topological polar surface area (TPSA) is 82.7 Å². The average molecular weight is 279 g/mol. The van der Waals surface area contributed by atoms with Crippen LogP contribution in [0.5, 0.6) is 0 Å². The van der Waals surface area contributed by atoms with Crippen molar-refractivity contribution in [2.45, 2.75) is 52.5 Å². The molecule has 0 radical (unpaired) electrons. The summed E-state index contributed by atoms with van der Waals surface area (Å²) in [5, 5.41) is 13.2. The van der Waals surface area contributed by atoms with Gasteiger partial charge in [-0.15, -0.1) is 5.10 Å². The van der Waals surface area contributed by atoms with Gasteiger partial charge in [-0.3, -0.25) is 9.89 Å². The van der Waals surface area contributed by atoms with Crippen LogP contribution in [0.25, 0.3) is 0 Å². The Balaban J connectivity index is 1.91. The van der Waals surface area contributed by atoms with E-state index in [4.69, 9.17) is 0 Å². The maximum Gasteiger partial charge on any atom is 0.291 e. The first kappa shape index (κ1) is 15.0. The number of carbonyl (C=O) groups is 1. The minimum Gasteiger partial charge on any atom is -0.348 e. The van der Waals surface area contributed by atoms with Crippen molar-refractivity contribution in [3.05, 3.63) is 11.6 Å². The van der Waals surface area contributed by atoms with Gasteiger partial charge in [-0.25, -0.2) is 4.98 Å². The highest BCUT2D eigenvalue weighted by molar-refractivity contribution is 5.90. The maximum atomic E-state index is 12.1. The quantitative estimate of drug-likeness (QED) is 0.779. The third kappa shape index (κ3) is 3.36. The predicted molar refractivity (Wildman–Crippen MR) is 77.6 cm³/mol. The Morgan fingerprint density at radius 3 is 2.85 bits per heavy atom. The van der Waals surface area contributed by atoms with Crippen molar-refractivity contribution in [1.29, 1.82) is 0 Å². The lowest BCUT2D eigenvalue weighted by Crippen LogP contribution is -2.52. The van der Waals surface area contributed by atoms with Crippen LogP contribution in [-0.4, -0.2) is 40.2 Å². The number of nitrogens with zero attached hydrogens (tertiary/aromatic N) is 2. The van der Waals surface area contributed by atoms with Gasteiger partial charge in [-0.05, 0) is 24.8 Å². The maximum absolute atomic E-state index is 12.1. The van der Waals surface area contributed by atoms with Gasteiger partial charge in [0, 0.05) is 18.5 Å². The van der Waals surface area contributed by atoms with Crippen LogP contribution in [0, 0.1) is 5.41 Å². The van der Waals surface area contributed by atoms with E-state index < -0.39 is 0 Å². The Morgan fingerprint density at radius 1 is 1.50 bits per heavy atom. The Hall–Kier alpha value is -1.43. The molecule has 1 amide bonds. The molecule has 0 aromatic carbocycles. The highest BCUT2D eigenvalue weighted by Crippen LogP contribution is 2.29. The van der Waals surface area contributed by atoms with Gasteiger partial charge in [0.2, 0.25) is 5.82 Å². The van der Waals surface area contributed by atoms with Gasteiger partial charge in [0.25, 0.3) is 5.91 Å². The summed E-state index contributed by atoms with van der Waals surface area (Å²) in [4.78, 5) is 16.3. The summed E-state index contributed by atoms with van der Waals surface area (Å²) in [6.07, 6.45) is 2.37. The van der Waals surface area contributed by atoms with Crippen LogP contribution in [-0.2, 0) is 0 Å². The first-order valence-corrected chi connectivity index (χ1v) is 7.34. The van der Waals surface area contributed by atoms with E-state index in [0.717, 1.165) is 12.4 Å². The number of aromatic amines is 1. The second-order valence-corrected chi connectivity index (χ2v) is 6.51. The molecule has 1 unspecified atom stereocenters. The molecule has 20 heavy (non-hydrogen) atoms. The zero-order chi connectivity index (χ0) is 14.8. The number of piperidine rings is 1. The monoisotopic (exact) mass is 279 g/mol. The molecule has 1 aromatic rings. The number of rotatable bonds is 4. The SMILES string of the molecule is CC(C)c1nc(C(=O)NCC2NCCCC2(C)C)n[nH]1. The summed E-state index contributed by atoms with van der Waals surface area (Å²) < 4.78 is 0. The van der Waals surface area contributed by atoms with Crippen LogP contribution < -0.4 is 10.6 Å². The van der Waals surface area contributed by atoms with Crippen molar-refractivity contribution in [3.63, 3.8) is 0 Å². The molecule has 2 heterocycles. The summed E-state index contributed by atoms with van der Waals surface area (Å²) in [6, 6.07) is 0.295. The van der Waals surface area contributed by atoms with Crippen LogP contribution in [0.4, 0.5) is 0 Å². The van der Waals surface area contributed by atoms with Gasteiger partial charge in [-0.2, -0.15) is 0 Å². The average Bonchev–Trinajstić information content (AvgIpc) is 2.86. The number of nitrogens with one attached hydrogen (secondary N) is 3. The van der Waals surface area contributed by atoms with E-state index in [0.29, 0.717) is 12.6 Å². The fraction of sp³-hybridized carbons (Fsp3) is 0.786. The van der Waals surface area contributed by atoms with Crippen LogP contribution in [0.1, 0.15) is 62.9 Å². The van der Waals surface area contributed by atoms with E-state index in [-0.39, 0.29) is 23.1 Å². The largest absolute Gasteiger partial charge is 0.348 e. The molecule has 1 aliphatic rings. The van der Waals surface area contributed by atoms with Crippen LogP contribution >= 0.6 is 0 Å². The van der Waals surface area contributed by atoms with Gasteiger partial charge < -0.3 is 10.6 Å². The first-order chi connectivity index (χ1) is 9.40. The second kappa shape index (κ2) is 5.91. The van der Waals surface area contributed by atoms with Gasteiger partial charge in [0.15, 0.2) is 0 Å². The fourth-order valence-electron chi connectivity index (χ4n) is 2.53. The van der Waals surface area contributed by atoms with Crippen molar-refractivity contribution < 1.29 is 4.79 Å². The zero-order valence-corrected chi connectivity index (χ0v) is 12.8. The minimum absolute atomic E-state index is 0.202. The molecule has 112 valence electrons. The summed E-state index contributed by atoms with van der Waals surface area (Å²) in [7, 11) is 0. The Bertz CT molecular complexity index is 466. The molecule has 2 rings (SSSR count). The zero-order valence-electron chi connectivity index (χ0n) is 12.8. The number of aromatic nitrogens is 3. The first-order valence-electron chi connectivity index (χ1n) is 7.34. The van der Waals surface area contributed by atoms with Crippen molar-refractivity contribution in [3.8, 4) is 0 Å². The number of H-pyrrole nitrogens is 1. The second-order valence-electron chi connectivity index (χ2n) is 6.51. The Labute approximate surface area is 120 Å². The molecule has 3 N–H and O–H groups in total. The van der Waals surface area contributed by atoms with Crippen LogP contribution in [0.15, 0.2) is 0 Å². The lowest BCUT2D eigenvalue weighted by molar-refractivity contribution is 0.0919. The summed E-state index contributed by atoms with van der Waals surface area (Å²) in [5.41, 5.74) is 0.202. The molecule has 1 atom stereocenters. The molecule has 1 aromatic heterocycles. The van der Waals surface area contributed by atoms with Crippen molar-refractivity contribution in [1.82, 2.24) is 25.8 Å². The molecule has 1 saturated heterocycles. The Morgan fingerprint density at radius 2 is 2.25 bits per heavy atom. The minimum atomic E-state index is -0.212. The van der Waals surface area contributed by atoms with Crippen molar-refractivity contribution >= 4 is 5.91 Å².